The molecule has 2 nitrogen and oxygen atoms in total. The van der Waals surface area contributed by atoms with Crippen molar-refractivity contribution < 1.29 is 0 Å². The highest BCUT2D eigenvalue weighted by Crippen LogP contribution is 2.24. The highest BCUT2D eigenvalue weighted by molar-refractivity contribution is 5.92. The molecule has 1 aromatic heterocycles. The van der Waals surface area contributed by atoms with Gasteiger partial charge in [-0.2, -0.15) is 0 Å². The van der Waals surface area contributed by atoms with Crippen LogP contribution in [0.1, 0.15) is 32.3 Å². The van der Waals surface area contributed by atoms with E-state index in [9.17, 15) is 0 Å². The predicted octanol–water partition coefficient (Wildman–Crippen LogP) is 4.03. The lowest BCUT2D eigenvalue weighted by molar-refractivity contribution is 0.678. The van der Waals surface area contributed by atoms with Crippen molar-refractivity contribution >= 4 is 16.3 Å². The number of benzene rings is 1. The van der Waals surface area contributed by atoms with Crippen molar-refractivity contribution in [2.75, 3.05) is 13.1 Å². The average molecular weight is 254 g/mol. The van der Waals surface area contributed by atoms with Gasteiger partial charge in [0.05, 0.1) is 0 Å². The first-order chi connectivity index (χ1) is 9.33. The number of allylic oxidation sites excluding steroid dienone is 1. The minimum Gasteiger partial charge on any atom is -0.316 e. The monoisotopic (exact) mass is 254 g/mol. The van der Waals surface area contributed by atoms with Crippen molar-refractivity contribution in [3.63, 3.8) is 0 Å². The lowest BCUT2D eigenvalue weighted by atomic mass is 10.00. The number of fused-ring (bicyclic) bond motifs is 1. The minimum absolute atomic E-state index is 1.05. The topological polar surface area (TPSA) is 24.9 Å². The third-order valence-electron chi connectivity index (χ3n) is 3.31. The van der Waals surface area contributed by atoms with E-state index in [1.165, 1.54) is 28.3 Å². The molecule has 1 aromatic carbocycles. The lowest BCUT2D eigenvalue weighted by Gasteiger charge is -2.07. The Morgan fingerprint density at radius 1 is 1.26 bits per heavy atom. The molecule has 0 saturated heterocycles. The van der Waals surface area contributed by atoms with Gasteiger partial charge in [0.25, 0.3) is 0 Å². The summed E-state index contributed by atoms with van der Waals surface area (Å²) in [6.45, 7) is 6.53. The Labute approximate surface area is 115 Å². The fraction of sp³-hybridized carbons (Fsp3) is 0.353. The summed E-state index contributed by atoms with van der Waals surface area (Å²) in [4.78, 5) is 4.24. The quantitative estimate of drug-likeness (QED) is 0.787. The Kier molecular flexibility index (Phi) is 5.10. The van der Waals surface area contributed by atoms with Crippen molar-refractivity contribution in [3.05, 3.63) is 48.3 Å². The van der Waals surface area contributed by atoms with E-state index in [2.05, 4.69) is 54.5 Å². The van der Waals surface area contributed by atoms with Crippen molar-refractivity contribution in [2.45, 2.75) is 26.7 Å². The Morgan fingerprint density at radius 3 is 3.00 bits per heavy atom. The molecule has 2 heteroatoms. The van der Waals surface area contributed by atoms with Crippen LogP contribution in [0.4, 0.5) is 0 Å². The van der Waals surface area contributed by atoms with E-state index in [-0.39, 0.29) is 0 Å². The molecule has 0 aliphatic carbocycles. The molecule has 0 unspecified atom stereocenters. The van der Waals surface area contributed by atoms with Crippen molar-refractivity contribution in [1.29, 1.82) is 0 Å². The molecule has 2 aromatic rings. The van der Waals surface area contributed by atoms with E-state index < -0.39 is 0 Å². The fourth-order valence-electron chi connectivity index (χ4n) is 2.26. The van der Waals surface area contributed by atoms with Gasteiger partial charge < -0.3 is 5.32 Å². The van der Waals surface area contributed by atoms with E-state index >= 15 is 0 Å². The molecule has 2 rings (SSSR count). The Balaban J connectivity index is 2.12. The summed E-state index contributed by atoms with van der Waals surface area (Å²) in [5.74, 6) is 0. The molecule has 0 aliphatic rings. The molecule has 0 spiro atoms. The maximum absolute atomic E-state index is 4.24. The normalized spacial score (nSPS) is 12.0. The second-order valence-corrected chi connectivity index (χ2v) is 4.83. The zero-order valence-electron chi connectivity index (χ0n) is 11.8. The zero-order valence-corrected chi connectivity index (χ0v) is 11.8. The van der Waals surface area contributed by atoms with Crippen LogP contribution in [-0.2, 0) is 0 Å². The van der Waals surface area contributed by atoms with Crippen molar-refractivity contribution in [1.82, 2.24) is 10.3 Å². The summed E-state index contributed by atoms with van der Waals surface area (Å²) in [6.07, 6.45) is 8.38. The maximum atomic E-state index is 4.24. The summed E-state index contributed by atoms with van der Waals surface area (Å²) < 4.78 is 0. The van der Waals surface area contributed by atoms with Gasteiger partial charge in [-0.3, -0.25) is 4.98 Å². The van der Waals surface area contributed by atoms with Crippen LogP contribution in [0.15, 0.2) is 42.7 Å². The molecule has 19 heavy (non-hydrogen) atoms. The van der Waals surface area contributed by atoms with E-state index in [0.717, 1.165) is 19.5 Å². The van der Waals surface area contributed by atoms with Crippen LogP contribution >= 0.6 is 0 Å². The molecule has 1 N–H and O–H groups in total. The Hall–Kier alpha value is -1.67. The number of nitrogens with one attached hydrogen (secondary N) is 1. The highest BCUT2D eigenvalue weighted by atomic mass is 14.8. The van der Waals surface area contributed by atoms with Gasteiger partial charge >= 0.3 is 0 Å². The van der Waals surface area contributed by atoms with Gasteiger partial charge in [-0.25, -0.2) is 0 Å². The van der Waals surface area contributed by atoms with Crippen LogP contribution < -0.4 is 5.32 Å². The molecule has 0 fully saturated rings. The first kappa shape index (κ1) is 13.8. The average Bonchev–Trinajstić information content (AvgIpc) is 2.46. The summed E-state index contributed by atoms with van der Waals surface area (Å²) in [6, 6.07) is 8.49. The number of aromatic nitrogens is 1. The van der Waals surface area contributed by atoms with E-state index in [4.69, 9.17) is 0 Å². The summed E-state index contributed by atoms with van der Waals surface area (Å²) in [5, 5.41) is 5.91. The molecular formula is C17H22N2. The van der Waals surface area contributed by atoms with Gasteiger partial charge in [0.2, 0.25) is 0 Å². The van der Waals surface area contributed by atoms with E-state index in [1.807, 2.05) is 12.4 Å². The molecule has 100 valence electrons. The largest absolute Gasteiger partial charge is 0.316 e. The maximum Gasteiger partial charge on any atom is 0.0352 e. The summed E-state index contributed by atoms with van der Waals surface area (Å²) >= 11 is 0. The van der Waals surface area contributed by atoms with Gasteiger partial charge in [-0.1, -0.05) is 31.2 Å². The fourth-order valence-corrected chi connectivity index (χ4v) is 2.26. The van der Waals surface area contributed by atoms with Crippen LogP contribution in [-0.4, -0.2) is 18.1 Å². The van der Waals surface area contributed by atoms with Crippen LogP contribution in [0.5, 0.6) is 0 Å². The smallest absolute Gasteiger partial charge is 0.0352 e. The van der Waals surface area contributed by atoms with Crippen LogP contribution in [0.3, 0.4) is 0 Å². The number of hydrogen-bond donors (Lipinski definition) is 1. The highest BCUT2D eigenvalue weighted by Gasteiger charge is 2.01. The lowest BCUT2D eigenvalue weighted by Crippen LogP contribution is -2.15. The Morgan fingerprint density at radius 2 is 2.16 bits per heavy atom. The van der Waals surface area contributed by atoms with Gasteiger partial charge in [-0.05, 0) is 55.4 Å². The molecule has 0 radical (unpaired) electrons. The molecule has 1 heterocycles. The second-order valence-electron chi connectivity index (χ2n) is 4.83. The third-order valence-corrected chi connectivity index (χ3v) is 3.31. The van der Waals surface area contributed by atoms with E-state index in [0.29, 0.717) is 0 Å². The third kappa shape index (κ3) is 3.65. The van der Waals surface area contributed by atoms with Crippen molar-refractivity contribution in [3.8, 4) is 0 Å². The number of hydrogen-bond acceptors (Lipinski definition) is 2. The summed E-state index contributed by atoms with van der Waals surface area (Å²) in [7, 11) is 0. The molecule has 0 aliphatic heterocycles. The molecule has 0 bridgehead atoms. The number of rotatable bonds is 6. The van der Waals surface area contributed by atoms with Crippen molar-refractivity contribution in [2.24, 2.45) is 0 Å². The number of pyridine rings is 1. The van der Waals surface area contributed by atoms with Gasteiger partial charge in [0.15, 0.2) is 0 Å². The number of nitrogens with zero attached hydrogens (tertiary/aromatic N) is 1. The molecule has 0 amide bonds. The van der Waals surface area contributed by atoms with Gasteiger partial charge in [0, 0.05) is 17.8 Å². The predicted molar refractivity (Wildman–Crippen MR) is 83.2 cm³/mol. The molecular weight excluding hydrogens is 232 g/mol. The first-order valence-corrected chi connectivity index (χ1v) is 7.03. The van der Waals surface area contributed by atoms with Gasteiger partial charge in [0.1, 0.15) is 0 Å². The van der Waals surface area contributed by atoms with Crippen LogP contribution in [0.2, 0.25) is 0 Å². The zero-order chi connectivity index (χ0) is 13.5. The summed E-state index contributed by atoms with van der Waals surface area (Å²) in [5.41, 5.74) is 2.62. The molecule has 0 saturated carbocycles. The second kappa shape index (κ2) is 7.05. The van der Waals surface area contributed by atoms with Crippen LogP contribution in [0.25, 0.3) is 16.3 Å². The standard InChI is InChI=1S/C17H22N2/c1-3-10-18-11-5-6-14(2)16-8-4-7-15-9-12-19-13-17(15)16/h4,6-9,12-13,18H,3,5,10-11H2,1-2H3/b14-6-. The SMILES string of the molecule is CCCNCC/C=C(/C)c1cccc2ccncc12. The molecule has 0 atom stereocenters. The first-order valence-electron chi connectivity index (χ1n) is 7.03. The Bertz CT molecular complexity index is 553. The van der Waals surface area contributed by atoms with Gasteiger partial charge in [-0.15, -0.1) is 0 Å². The van der Waals surface area contributed by atoms with Crippen LogP contribution in [0, 0.1) is 0 Å². The van der Waals surface area contributed by atoms with E-state index in [1.54, 1.807) is 0 Å². The minimum atomic E-state index is 1.05.